The molecule has 2 amide bonds. The van der Waals surface area contributed by atoms with Crippen molar-refractivity contribution in [1.82, 2.24) is 0 Å². The van der Waals surface area contributed by atoms with Crippen molar-refractivity contribution < 1.29 is 14.3 Å². The largest absolute Gasteiger partial charge is 0.497 e. The standard InChI is InChI=1S/C23H22N2O3S/c1-15-19(14-17-6-4-3-5-7-17)29-23(21(15)22(24)27)25-20(26)13-10-16-8-11-18(28-2)12-9-16/h3-13H,14H2,1-2H3,(H2,24,27)(H,25,26)/b13-10+. The minimum Gasteiger partial charge on any atom is -0.497 e. The Morgan fingerprint density at radius 1 is 1.10 bits per heavy atom. The van der Waals surface area contributed by atoms with Gasteiger partial charge in [0.05, 0.1) is 12.7 Å². The Balaban J connectivity index is 1.78. The lowest BCUT2D eigenvalue weighted by Gasteiger charge is -2.02. The highest BCUT2D eigenvalue weighted by Gasteiger charge is 2.20. The molecule has 0 fully saturated rings. The zero-order valence-electron chi connectivity index (χ0n) is 16.3. The van der Waals surface area contributed by atoms with E-state index in [4.69, 9.17) is 10.5 Å². The maximum atomic E-state index is 12.4. The molecule has 5 nitrogen and oxygen atoms in total. The first-order valence-corrected chi connectivity index (χ1v) is 9.88. The Bertz CT molecular complexity index is 1040. The number of benzene rings is 2. The molecule has 6 heteroatoms. The van der Waals surface area contributed by atoms with Crippen molar-refractivity contribution in [3.63, 3.8) is 0 Å². The van der Waals surface area contributed by atoms with Crippen LogP contribution in [0.1, 0.15) is 31.9 Å². The van der Waals surface area contributed by atoms with Crippen LogP contribution < -0.4 is 15.8 Å². The average molecular weight is 407 g/mol. The molecule has 0 unspecified atom stereocenters. The Morgan fingerprint density at radius 2 is 1.79 bits per heavy atom. The van der Waals surface area contributed by atoms with Crippen molar-refractivity contribution >= 4 is 34.2 Å². The van der Waals surface area contributed by atoms with Crippen molar-refractivity contribution in [1.29, 1.82) is 0 Å². The summed E-state index contributed by atoms with van der Waals surface area (Å²) in [4.78, 5) is 25.4. The first-order chi connectivity index (χ1) is 14.0. The quantitative estimate of drug-likeness (QED) is 0.571. The summed E-state index contributed by atoms with van der Waals surface area (Å²) in [7, 11) is 1.60. The van der Waals surface area contributed by atoms with E-state index in [1.807, 2.05) is 61.5 Å². The molecule has 0 spiro atoms. The number of ether oxygens (including phenoxy) is 1. The van der Waals surface area contributed by atoms with E-state index in [0.717, 1.165) is 27.3 Å². The molecule has 0 saturated heterocycles. The molecule has 0 bridgehead atoms. The van der Waals surface area contributed by atoms with Gasteiger partial charge in [0.25, 0.3) is 5.91 Å². The van der Waals surface area contributed by atoms with E-state index in [1.165, 1.54) is 17.4 Å². The van der Waals surface area contributed by atoms with Gasteiger partial charge in [-0.1, -0.05) is 42.5 Å². The van der Waals surface area contributed by atoms with E-state index in [-0.39, 0.29) is 5.91 Å². The summed E-state index contributed by atoms with van der Waals surface area (Å²) in [5.74, 6) is -0.124. The molecule has 1 heterocycles. The Labute approximate surface area is 173 Å². The molecule has 3 N–H and O–H groups in total. The maximum absolute atomic E-state index is 12.4. The molecular weight excluding hydrogens is 384 g/mol. The number of primary amides is 1. The Hall–Kier alpha value is -3.38. The summed E-state index contributed by atoms with van der Waals surface area (Å²) < 4.78 is 5.12. The van der Waals surface area contributed by atoms with E-state index in [0.29, 0.717) is 17.0 Å². The third kappa shape index (κ3) is 5.12. The van der Waals surface area contributed by atoms with Gasteiger partial charge in [-0.25, -0.2) is 0 Å². The molecule has 2 aromatic carbocycles. The van der Waals surface area contributed by atoms with Crippen molar-refractivity contribution in [2.75, 3.05) is 12.4 Å². The van der Waals surface area contributed by atoms with Gasteiger partial charge in [0.15, 0.2) is 0 Å². The minimum atomic E-state index is -0.549. The first-order valence-electron chi connectivity index (χ1n) is 9.07. The van der Waals surface area contributed by atoms with Crippen LogP contribution in [0.3, 0.4) is 0 Å². The molecule has 29 heavy (non-hydrogen) atoms. The second kappa shape index (κ2) is 9.21. The van der Waals surface area contributed by atoms with Crippen LogP contribution in [-0.2, 0) is 11.2 Å². The molecule has 3 rings (SSSR count). The van der Waals surface area contributed by atoms with Gasteiger partial charge in [0.1, 0.15) is 10.8 Å². The summed E-state index contributed by atoms with van der Waals surface area (Å²) in [6, 6.07) is 17.3. The number of anilines is 1. The molecule has 0 saturated carbocycles. The van der Waals surface area contributed by atoms with Crippen LogP contribution in [0.4, 0.5) is 5.00 Å². The molecule has 0 aliphatic heterocycles. The minimum absolute atomic E-state index is 0.323. The number of hydrogen-bond acceptors (Lipinski definition) is 4. The van der Waals surface area contributed by atoms with Crippen molar-refractivity contribution in [3.05, 3.63) is 87.8 Å². The van der Waals surface area contributed by atoms with Crippen LogP contribution >= 0.6 is 11.3 Å². The lowest BCUT2D eigenvalue weighted by molar-refractivity contribution is -0.111. The third-order valence-corrected chi connectivity index (χ3v) is 5.69. The van der Waals surface area contributed by atoms with E-state index in [2.05, 4.69) is 5.32 Å². The van der Waals surface area contributed by atoms with Gasteiger partial charge in [-0.3, -0.25) is 9.59 Å². The summed E-state index contributed by atoms with van der Waals surface area (Å²) in [6.45, 7) is 1.86. The van der Waals surface area contributed by atoms with Crippen LogP contribution in [0.2, 0.25) is 0 Å². The van der Waals surface area contributed by atoms with E-state index in [9.17, 15) is 9.59 Å². The van der Waals surface area contributed by atoms with E-state index >= 15 is 0 Å². The van der Waals surface area contributed by atoms with Crippen LogP contribution in [0, 0.1) is 6.92 Å². The van der Waals surface area contributed by atoms with Crippen LogP contribution in [0.25, 0.3) is 6.08 Å². The molecule has 0 aliphatic rings. The van der Waals surface area contributed by atoms with E-state index in [1.54, 1.807) is 13.2 Å². The highest BCUT2D eigenvalue weighted by atomic mass is 32.1. The molecule has 1 aromatic heterocycles. The Morgan fingerprint density at radius 3 is 2.41 bits per heavy atom. The molecule has 3 aromatic rings. The predicted molar refractivity (Wildman–Crippen MR) is 117 cm³/mol. The van der Waals surface area contributed by atoms with Crippen molar-refractivity contribution in [3.8, 4) is 5.75 Å². The van der Waals surface area contributed by atoms with Gasteiger partial charge in [-0.2, -0.15) is 0 Å². The fraction of sp³-hybridized carbons (Fsp3) is 0.130. The highest BCUT2D eigenvalue weighted by molar-refractivity contribution is 7.17. The molecule has 0 aliphatic carbocycles. The second-order valence-electron chi connectivity index (χ2n) is 6.48. The van der Waals surface area contributed by atoms with Gasteiger partial charge >= 0.3 is 0 Å². The van der Waals surface area contributed by atoms with Crippen LogP contribution in [0.15, 0.2) is 60.7 Å². The number of amides is 2. The highest BCUT2D eigenvalue weighted by Crippen LogP contribution is 2.34. The molecule has 148 valence electrons. The number of methoxy groups -OCH3 is 1. The lowest BCUT2D eigenvalue weighted by atomic mass is 10.1. The summed E-state index contributed by atoms with van der Waals surface area (Å²) >= 11 is 1.38. The summed E-state index contributed by atoms with van der Waals surface area (Å²) in [5.41, 5.74) is 8.74. The molecule has 0 radical (unpaired) electrons. The topological polar surface area (TPSA) is 81.4 Å². The maximum Gasteiger partial charge on any atom is 0.251 e. The first kappa shape index (κ1) is 20.4. The smallest absolute Gasteiger partial charge is 0.251 e. The fourth-order valence-electron chi connectivity index (χ4n) is 2.94. The van der Waals surface area contributed by atoms with Gasteiger partial charge in [0.2, 0.25) is 5.91 Å². The summed E-state index contributed by atoms with van der Waals surface area (Å²) in [5, 5.41) is 3.28. The van der Waals surface area contributed by atoms with Crippen LogP contribution in [0.5, 0.6) is 5.75 Å². The second-order valence-corrected chi connectivity index (χ2v) is 7.58. The lowest BCUT2D eigenvalue weighted by Crippen LogP contribution is -2.16. The predicted octanol–water partition coefficient (Wildman–Crippen LogP) is 4.41. The number of nitrogens with one attached hydrogen (secondary N) is 1. The number of carbonyl (C=O) groups excluding carboxylic acids is 2. The van der Waals surface area contributed by atoms with Crippen LogP contribution in [-0.4, -0.2) is 18.9 Å². The van der Waals surface area contributed by atoms with Gasteiger partial charge in [-0.15, -0.1) is 11.3 Å². The molecular formula is C23H22N2O3S. The number of thiophene rings is 1. The zero-order valence-corrected chi connectivity index (χ0v) is 17.1. The molecule has 0 atom stereocenters. The average Bonchev–Trinajstić information content (AvgIpc) is 3.02. The van der Waals surface area contributed by atoms with Crippen molar-refractivity contribution in [2.24, 2.45) is 5.73 Å². The number of hydrogen-bond donors (Lipinski definition) is 2. The fourth-order valence-corrected chi connectivity index (χ4v) is 4.18. The number of nitrogens with two attached hydrogens (primary N) is 1. The summed E-state index contributed by atoms with van der Waals surface area (Å²) in [6.07, 6.45) is 3.80. The normalized spacial score (nSPS) is 10.8. The SMILES string of the molecule is COc1ccc(/C=C/C(=O)Nc2sc(Cc3ccccc3)c(C)c2C(N)=O)cc1. The van der Waals surface area contributed by atoms with Gasteiger partial charge < -0.3 is 15.8 Å². The van der Waals surface area contributed by atoms with Gasteiger partial charge in [-0.05, 0) is 41.8 Å². The van der Waals surface area contributed by atoms with Gasteiger partial charge in [0, 0.05) is 17.4 Å². The Kier molecular flexibility index (Phi) is 6.46. The van der Waals surface area contributed by atoms with E-state index < -0.39 is 5.91 Å². The third-order valence-electron chi connectivity index (χ3n) is 4.48. The monoisotopic (exact) mass is 406 g/mol. The van der Waals surface area contributed by atoms with Crippen molar-refractivity contribution in [2.45, 2.75) is 13.3 Å². The zero-order chi connectivity index (χ0) is 20.8. The number of rotatable bonds is 7. The number of carbonyl (C=O) groups is 2.